The molecule has 0 aliphatic rings. The van der Waals surface area contributed by atoms with E-state index in [1.165, 1.54) is 6.20 Å². The summed E-state index contributed by atoms with van der Waals surface area (Å²) in [7, 11) is 0. The Balaban J connectivity index is 1.78. The number of nitrogens with zero attached hydrogens (tertiary/aromatic N) is 8. The Morgan fingerprint density at radius 3 is 2.87 bits per heavy atom. The monoisotopic (exact) mass is 403 g/mol. The molecule has 4 heterocycles. The molecule has 4 aromatic heterocycles. The minimum atomic E-state index is -0.173. The number of aliphatic hydroxyl groups is 1. The Morgan fingerprint density at radius 1 is 1.23 bits per heavy atom. The second kappa shape index (κ2) is 8.26. The van der Waals surface area contributed by atoms with Gasteiger partial charge in [0.05, 0.1) is 35.9 Å². The van der Waals surface area contributed by atoms with E-state index in [4.69, 9.17) is 5.26 Å². The van der Waals surface area contributed by atoms with Crippen molar-refractivity contribution >= 4 is 16.9 Å². The van der Waals surface area contributed by atoms with Gasteiger partial charge in [-0.05, 0) is 19.4 Å². The van der Waals surface area contributed by atoms with Gasteiger partial charge in [-0.15, -0.1) is 5.10 Å². The van der Waals surface area contributed by atoms with Gasteiger partial charge in [-0.3, -0.25) is 4.57 Å². The number of nitrogens with one attached hydrogen (secondary N) is 1. The van der Waals surface area contributed by atoms with Crippen molar-refractivity contribution in [3.63, 3.8) is 0 Å². The molecule has 0 saturated carbocycles. The normalized spacial score (nSPS) is 12.1. The van der Waals surface area contributed by atoms with Crippen molar-refractivity contribution in [2.24, 2.45) is 0 Å². The van der Waals surface area contributed by atoms with Crippen LogP contribution in [-0.2, 0) is 6.42 Å². The van der Waals surface area contributed by atoms with Crippen molar-refractivity contribution in [3.8, 4) is 17.6 Å². The predicted molar refractivity (Wildman–Crippen MR) is 110 cm³/mol. The molecule has 0 spiro atoms. The Bertz CT molecular complexity index is 1220. The Labute approximate surface area is 172 Å². The lowest BCUT2D eigenvalue weighted by atomic mass is 10.2. The van der Waals surface area contributed by atoms with Crippen LogP contribution in [0, 0.1) is 11.3 Å². The van der Waals surface area contributed by atoms with Crippen LogP contribution in [-0.4, -0.2) is 52.3 Å². The first-order valence-corrected chi connectivity index (χ1v) is 9.65. The van der Waals surface area contributed by atoms with Gasteiger partial charge in [0.15, 0.2) is 5.65 Å². The average Bonchev–Trinajstić information content (AvgIpc) is 3.40. The maximum absolute atomic E-state index is 9.51. The predicted octanol–water partition coefficient (Wildman–Crippen LogP) is 2.01. The zero-order chi connectivity index (χ0) is 21.1. The zero-order valence-corrected chi connectivity index (χ0v) is 16.7. The van der Waals surface area contributed by atoms with Crippen LogP contribution in [0.5, 0.6) is 0 Å². The summed E-state index contributed by atoms with van der Waals surface area (Å²) in [6.07, 6.45) is 8.53. The van der Waals surface area contributed by atoms with Gasteiger partial charge in [0.25, 0.3) is 0 Å². The highest BCUT2D eigenvalue weighted by molar-refractivity contribution is 5.74. The van der Waals surface area contributed by atoms with Gasteiger partial charge in [-0.1, -0.05) is 18.6 Å². The van der Waals surface area contributed by atoms with E-state index < -0.39 is 0 Å². The molecular weight excluding hydrogens is 382 g/mol. The molecule has 0 amide bonds. The Hall–Kier alpha value is -3.84. The molecule has 0 saturated heterocycles. The number of aromatic nitrogens is 7. The number of fused-ring (bicyclic) bond motifs is 1. The molecule has 4 rings (SSSR count). The van der Waals surface area contributed by atoms with Gasteiger partial charge in [0.1, 0.15) is 29.4 Å². The molecule has 0 bridgehead atoms. The molecule has 4 aromatic rings. The topological polar surface area (TPSA) is 130 Å². The number of aryl methyl sites for hydroxylation is 1. The van der Waals surface area contributed by atoms with Crippen LogP contribution in [0.15, 0.2) is 37.1 Å². The van der Waals surface area contributed by atoms with Gasteiger partial charge in [0.2, 0.25) is 0 Å². The molecule has 2 N–H and O–H groups in total. The number of hydrogen-bond donors (Lipinski definition) is 2. The standard InChI is InChI=1S/C20H21N9O/c1-3-4-15-10-29(27-26-15)18-9-22-19(6-16(18)25-13(2)11-30)28-12-24-17-5-14(7-21)8-23-20(17)28/h5-6,8-10,12-13,30H,3-4,11H2,1-2H3,(H,22,25)/t13-/m1/s1. The van der Waals surface area contributed by atoms with Gasteiger partial charge >= 0.3 is 0 Å². The summed E-state index contributed by atoms with van der Waals surface area (Å²) in [4.78, 5) is 13.3. The summed E-state index contributed by atoms with van der Waals surface area (Å²) in [5.74, 6) is 0.597. The average molecular weight is 403 g/mol. The number of aliphatic hydroxyl groups excluding tert-OH is 1. The molecule has 0 unspecified atom stereocenters. The van der Waals surface area contributed by atoms with Crippen molar-refractivity contribution < 1.29 is 5.11 Å². The third-order valence-corrected chi connectivity index (χ3v) is 4.60. The second-order valence-electron chi connectivity index (χ2n) is 6.99. The van der Waals surface area contributed by atoms with Crippen LogP contribution in [0.4, 0.5) is 5.69 Å². The fourth-order valence-corrected chi connectivity index (χ4v) is 3.09. The van der Waals surface area contributed by atoms with Gasteiger partial charge in [-0.25, -0.2) is 19.6 Å². The number of imidazole rings is 1. The van der Waals surface area contributed by atoms with E-state index in [1.54, 1.807) is 27.8 Å². The van der Waals surface area contributed by atoms with Gasteiger partial charge < -0.3 is 10.4 Å². The molecular formula is C20H21N9O. The van der Waals surface area contributed by atoms with E-state index >= 15 is 0 Å². The number of hydrogen-bond acceptors (Lipinski definition) is 8. The minimum Gasteiger partial charge on any atom is -0.394 e. The lowest BCUT2D eigenvalue weighted by molar-refractivity contribution is 0.281. The van der Waals surface area contributed by atoms with Crippen LogP contribution in [0.3, 0.4) is 0 Å². The second-order valence-corrected chi connectivity index (χ2v) is 6.99. The van der Waals surface area contributed by atoms with E-state index in [-0.39, 0.29) is 12.6 Å². The first-order valence-electron chi connectivity index (χ1n) is 9.65. The quantitative estimate of drug-likeness (QED) is 0.479. The lowest BCUT2D eigenvalue weighted by Gasteiger charge is -2.17. The minimum absolute atomic E-state index is 0.0258. The van der Waals surface area contributed by atoms with Crippen molar-refractivity contribution in [2.75, 3.05) is 11.9 Å². The van der Waals surface area contributed by atoms with Crippen molar-refractivity contribution in [1.82, 2.24) is 34.5 Å². The Kier molecular flexibility index (Phi) is 5.36. The van der Waals surface area contributed by atoms with E-state index in [9.17, 15) is 5.11 Å². The third-order valence-electron chi connectivity index (χ3n) is 4.60. The fourth-order valence-electron chi connectivity index (χ4n) is 3.09. The number of nitriles is 1. The van der Waals surface area contributed by atoms with Crippen LogP contribution in [0.2, 0.25) is 0 Å². The fraction of sp³-hybridized carbons (Fsp3) is 0.300. The summed E-state index contributed by atoms with van der Waals surface area (Å²) in [5, 5.41) is 30.3. The summed E-state index contributed by atoms with van der Waals surface area (Å²) < 4.78 is 3.43. The maximum Gasteiger partial charge on any atom is 0.165 e. The van der Waals surface area contributed by atoms with E-state index in [2.05, 4.69) is 43.6 Å². The van der Waals surface area contributed by atoms with Crippen LogP contribution < -0.4 is 5.32 Å². The van der Waals surface area contributed by atoms with Crippen molar-refractivity contribution in [3.05, 3.63) is 48.3 Å². The third kappa shape index (κ3) is 3.70. The summed E-state index contributed by atoms with van der Waals surface area (Å²) in [6, 6.07) is 5.43. The zero-order valence-electron chi connectivity index (χ0n) is 16.7. The SMILES string of the molecule is CCCc1cn(-c2cnc(-n3cnc4cc(C#N)cnc43)cc2N[C@H](C)CO)nn1. The maximum atomic E-state index is 9.51. The lowest BCUT2D eigenvalue weighted by Crippen LogP contribution is -2.21. The number of rotatable bonds is 7. The summed E-state index contributed by atoms with van der Waals surface area (Å²) in [5.41, 5.74) is 4.02. The highest BCUT2D eigenvalue weighted by Gasteiger charge is 2.15. The summed E-state index contributed by atoms with van der Waals surface area (Å²) >= 11 is 0. The summed E-state index contributed by atoms with van der Waals surface area (Å²) in [6.45, 7) is 3.95. The molecule has 0 radical (unpaired) electrons. The number of anilines is 1. The van der Waals surface area contributed by atoms with Crippen LogP contribution >= 0.6 is 0 Å². The molecule has 10 heteroatoms. The highest BCUT2D eigenvalue weighted by atomic mass is 16.3. The molecule has 30 heavy (non-hydrogen) atoms. The largest absolute Gasteiger partial charge is 0.394 e. The van der Waals surface area contributed by atoms with Gasteiger partial charge in [0, 0.05) is 18.3 Å². The van der Waals surface area contributed by atoms with Crippen molar-refractivity contribution in [1.29, 1.82) is 5.26 Å². The van der Waals surface area contributed by atoms with E-state index in [1.807, 2.05) is 19.2 Å². The van der Waals surface area contributed by atoms with Crippen molar-refractivity contribution in [2.45, 2.75) is 32.7 Å². The first kappa shape index (κ1) is 19.5. The molecule has 0 aliphatic heterocycles. The molecule has 0 aliphatic carbocycles. The van der Waals surface area contributed by atoms with Gasteiger partial charge in [-0.2, -0.15) is 5.26 Å². The molecule has 10 nitrogen and oxygen atoms in total. The molecule has 152 valence electrons. The smallest absolute Gasteiger partial charge is 0.165 e. The number of pyridine rings is 2. The van der Waals surface area contributed by atoms with Crippen LogP contribution in [0.25, 0.3) is 22.7 Å². The molecule has 1 atom stereocenters. The Morgan fingerprint density at radius 2 is 2.10 bits per heavy atom. The van der Waals surface area contributed by atoms with E-state index in [0.29, 0.717) is 22.5 Å². The first-order chi connectivity index (χ1) is 14.6. The van der Waals surface area contributed by atoms with Crippen LogP contribution in [0.1, 0.15) is 31.5 Å². The highest BCUT2D eigenvalue weighted by Crippen LogP contribution is 2.24. The van der Waals surface area contributed by atoms with E-state index in [0.717, 1.165) is 29.9 Å². The molecule has 0 aromatic carbocycles. The molecule has 0 fully saturated rings.